The first-order valence-electron chi connectivity index (χ1n) is 6.99. The van der Waals surface area contributed by atoms with E-state index in [2.05, 4.69) is 51.2 Å². The highest BCUT2D eigenvalue weighted by Crippen LogP contribution is 2.31. The van der Waals surface area contributed by atoms with Crippen molar-refractivity contribution < 1.29 is 5.11 Å². The van der Waals surface area contributed by atoms with Gasteiger partial charge >= 0.3 is 0 Å². The van der Waals surface area contributed by atoms with Gasteiger partial charge in [-0.2, -0.15) is 0 Å². The molecule has 3 heteroatoms. The van der Waals surface area contributed by atoms with Crippen LogP contribution in [0.1, 0.15) is 23.1 Å². The molecule has 1 aliphatic rings. The van der Waals surface area contributed by atoms with E-state index >= 15 is 0 Å². The molecule has 3 rings (SSSR count). The number of fused-ring (bicyclic) bond motifs is 1. The van der Waals surface area contributed by atoms with Crippen molar-refractivity contribution in [2.75, 3.05) is 11.4 Å². The average Bonchev–Trinajstić information content (AvgIpc) is 2.69. The van der Waals surface area contributed by atoms with Crippen molar-refractivity contribution in [2.45, 2.75) is 26.0 Å². The zero-order valence-electron chi connectivity index (χ0n) is 11.3. The Morgan fingerprint density at radius 2 is 1.90 bits per heavy atom. The molecule has 1 aliphatic heterocycles. The predicted octanol–water partition coefficient (Wildman–Crippen LogP) is 3.89. The van der Waals surface area contributed by atoms with Crippen LogP contribution < -0.4 is 4.90 Å². The fourth-order valence-electron chi connectivity index (χ4n) is 2.81. The Balaban J connectivity index is 1.91. The van der Waals surface area contributed by atoms with Crippen LogP contribution in [0, 0.1) is 0 Å². The minimum Gasteiger partial charge on any atom is -0.392 e. The van der Waals surface area contributed by atoms with Gasteiger partial charge in [0.05, 0.1) is 12.3 Å². The predicted molar refractivity (Wildman–Crippen MR) is 85.9 cm³/mol. The number of hydrogen-bond donors (Lipinski definition) is 1. The molecule has 2 aromatic carbocycles. The summed E-state index contributed by atoms with van der Waals surface area (Å²) in [5, 5.41) is 9.20. The molecule has 0 unspecified atom stereocenters. The van der Waals surface area contributed by atoms with Crippen molar-refractivity contribution in [1.82, 2.24) is 0 Å². The van der Waals surface area contributed by atoms with Gasteiger partial charge in [0.15, 0.2) is 0 Å². The third kappa shape index (κ3) is 2.74. The lowest BCUT2D eigenvalue weighted by Crippen LogP contribution is -2.22. The second kappa shape index (κ2) is 5.98. The normalized spacial score (nSPS) is 14.8. The number of aliphatic hydroxyl groups excluding tert-OH is 1. The summed E-state index contributed by atoms with van der Waals surface area (Å²) in [6.07, 6.45) is 2.32. The van der Waals surface area contributed by atoms with Crippen molar-refractivity contribution in [3.05, 3.63) is 63.6 Å². The molecule has 0 aliphatic carbocycles. The van der Waals surface area contributed by atoms with E-state index < -0.39 is 0 Å². The topological polar surface area (TPSA) is 23.5 Å². The summed E-state index contributed by atoms with van der Waals surface area (Å²) in [6.45, 7) is 2.10. The lowest BCUT2D eigenvalue weighted by atomic mass is 10.0. The van der Waals surface area contributed by atoms with E-state index in [4.69, 9.17) is 0 Å². The Morgan fingerprint density at radius 3 is 2.65 bits per heavy atom. The van der Waals surface area contributed by atoms with E-state index in [-0.39, 0.29) is 6.61 Å². The van der Waals surface area contributed by atoms with Gasteiger partial charge in [-0.1, -0.05) is 30.3 Å². The smallest absolute Gasteiger partial charge is 0.0682 e. The Labute approximate surface area is 128 Å². The van der Waals surface area contributed by atoms with E-state index in [9.17, 15) is 5.11 Å². The molecule has 0 radical (unpaired) electrons. The summed E-state index contributed by atoms with van der Waals surface area (Å²) in [6, 6.07) is 14.8. The summed E-state index contributed by atoms with van der Waals surface area (Å²) in [4.78, 5) is 2.41. The van der Waals surface area contributed by atoms with Gasteiger partial charge in [-0.05, 0) is 57.6 Å². The summed E-state index contributed by atoms with van der Waals surface area (Å²) in [5.41, 5.74) is 5.04. The van der Waals surface area contributed by atoms with Gasteiger partial charge in [-0.3, -0.25) is 0 Å². The lowest BCUT2D eigenvalue weighted by Gasteiger charge is -2.24. The number of rotatable bonds is 2. The molecule has 2 nitrogen and oxygen atoms in total. The van der Waals surface area contributed by atoms with Crippen LogP contribution in [0.15, 0.2) is 46.9 Å². The Morgan fingerprint density at radius 1 is 1.10 bits per heavy atom. The maximum absolute atomic E-state index is 9.20. The minimum absolute atomic E-state index is 0.0850. The van der Waals surface area contributed by atoms with Crippen LogP contribution in [-0.4, -0.2) is 11.7 Å². The Kier molecular flexibility index (Phi) is 4.08. The van der Waals surface area contributed by atoms with E-state index in [1.54, 1.807) is 0 Å². The fourth-order valence-corrected chi connectivity index (χ4v) is 3.49. The standard InChI is InChI=1S/C17H18BrNO/c18-16-10-13(12-20)7-8-17(16)19-9-3-6-14-4-1-2-5-15(14)11-19/h1-2,4-5,7-8,10,20H,3,6,9,11-12H2. The largest absolute Gasteiger partial charge is 0.392 e. The van der Waals surface area contributed by atoms with Crippen molar-refractivity contribution in [1.29, 1.82) is 0 Å². The minimum atomic E-state index is 0.0850. The third-order valence-corrected chi connectivity index (χ3v) is 4.52. The molecule has 20 heavy (non-hydrogen) atoms. The Hall–Kier alpha value is -1.32. The molecule has 2 aromatic rings. The summed E-state index contributed by atoms with van der Waals surface area (Å²) >= 11 is 3.64. The summed E-state index contributed by atoms with van der Waals surface area (Å²) in [7, 11) is 0. The zero-order valence-corrected chi connectivity index (χ0v) is 12.9. The van der Waals surface area contributed by atoms with Gasteiger partial charge in [0.25, 0.3) is 0 Å². The summed E-state index contributed by atoms with van der Waals surface area (Å²) < 4.78 is 1.06. The number of aryl methyl sites for hydroxylation is 1. The molecule has 0 fully saturated rings. The maximum atomic E-state index is 9.20. The number of halogens is 1. The molecular formula is C17H18BrNO. The number of anilines is 1. The quantitative estimate of drug-likeness (QED) is 0.902. The van der Waals surface area contributed by atoms with E-state index in [1.807, 2.05) is 12.1 Å². The highest BCUT2D eigenvalue weighted by molar-refractivity contribution is 9.10. The van der Waals surface area contributed by atoms with Gasteiger partial charge in [0, 0.05) is 17.6 Å². The van der Waals surface area contributed by atoms with Crippen molar-refractivity contribution in [3.8, 4) is 0 Å². The molecule has 0 atom stereocenters. The zero-order chi connectivity index (χ0) is 13.9. The van der Waals surface area contributed by atoms with Crippen molar-refractivity contribution in [2.24, 2.45) is 0 Å². The number of hydrogen-bond acceptors (Lipinski definition) is 2. The highest BCUT2D eigenvalue weighted by Gasteiger charge is 2.16. The molecular weight excluding hydrogens is 314 g/mol. The SMILES string of the molecule is OCc1ccc(N2CCCc3ccccc3C2)c(Br)c1. The maximum Gasteiger partial charge on any atom is 0.0682 e. The van der Waals surface area contributed by atoms with Gasteiger partial charge in [-0.25, -0.2) is 0 Å². The lowest BCUT2D eigenvalue weighted by molar-refractivity contribution is 0.282. The van der Waals surface area contributed by atoms with E-state index in [1.165, 1.54) is 23.2 Å². The van der Waals surface area contributed by atoms with E-state index in [0.29, 0.717) is 0 Å². The average molecular weight is 332 g/mol. The molecule has 0 amide bonds. The van der Waals surface area contributed by atoms with Gasteiger partial charge in [-0.15, -0.1) is 0 Å². The first-order valence-corrected chi connectivity index (χ1v) is 7.78. The fraction of sp³-hybridized carbons (Fsp3) is 0.294. The monoisotopic (exact) mass is 331 g/mol. The molecule has 0 spiro atoms. The number of aliphatic hydroxyl groups is 1. The van der Waals surface area contributed by atoms with Crippen LogP contribution >= 0.6 is 15.9 Å². The first kappa shape index (κ1) is 13.7. The number of benzene rings is 2. The second-order valence-corrected chi connectivity index (χ2v) is 6.09. The Bertz CT molecular complexity index is 612. The second-order valence-electron chi connectivity index (χ2n) is 5.24. The third-order valence-electron chi connectivity index (χ3n) is 3.89. The van der Waals surface area contributed by atoms with Gasteiger partial charge < -0.3 is 10.0 Å². The van der Waals surface area contributed by atoms with Crippen LogP contribution in [0.4, 0.5) is 5.69 Å². The molecule has 0 bridgehead atoms. The highest BCUT2D eigenvalue weighted by atomic mass is 79.9. The van der Waals surface area contributed by atoms with Crippen LogP contribution in [0.3, 0.4) is 0 Å². The molecule has 0 aromatic heterocycles. The summed E-state index contributed by atoms with van der Waals surface area (Å²) in [5.74, 6) is 0. The molecule has 0 saturated carbocycles. The van der Waals surface area contributed by atoms with Crippen molar-refractivity contribution >= 4 is 21.6 Å². The molecule has 1 N–H and O–H groups in total. The van der Waals surface area contributed by atoms with Crippen molar-refractivity contribution in [3.63, 3.8) is 0 Å². The van der Waals surface area contributed by atoms with Gasteiger partial charge in [0.1, 0.15) is 0 Å². The van der Waals surface area contributed by atoms with Crippen LogP contribution in [0.25, 0.3) is 0 Å². The van der Waals surface area contributed by atoms with E-state index in [0.717, 1.165) is 29.5 Å². The van der Waals surface area contributed by atoms with Crippen LogP contribution in [0.2, 0.25) is 0 Å². The number of nitrogens with zero attached hydrogens (tertiary/aromatic N) is 1. The molecule has 0 saturated heterocycles. The first-order chi connectivity index (χ1) is 9.78. The molecule has 1 heterocycles. The van der Waals surface area contributed by atoms with Crippen LogP contribution in [0.5, 0.6) is 0 Å². The molecule has 104 valence electrons. The van der Waals surface area contributed by atoms with Crippen LogP contribution in [-0.2, 0) is 19.6 Å². The van der Waals surface area contributed by atoms with Gasteiger partial charge in [0.2, 0.25) is 0 Å².